The highest BCUT2D eigenvalue weighted by molar-refractivity contribution is 5.08. The summed E-state index contributed by atoms with van der Waals surface area (Å²) >= 11 is 0. The third kappa shape index (κ3) is 22.9. The fourth-order valence-corrected chi connectivity index (χ4v) is 4.53. The summed E-state index contributed by atoms with van der Waals surface area (Å²) in [5, 5.41) is 0. The molecule has 0 aliphatic carbocycles. The number of rotatable bonds is 23. The quantitative estimate of drug-likeness (QED) is 0.153. The number of nitrogens with zero attached hydrogens (tertiary/aromatic N) is 4. The van der Waals surface area contributed by atoms with Crippen LogP contribution in [-0.4, -0.2) is 45.5 Å². The molecule has 4 N–H and O–H groups in total. The molecular weight excluding hydrogens is 432 g/mol. The van der Waals surface area contributed by atoms with Gasteiger partial charge in [-0.3, -0.25) is 0 Å². The van der Waals surface area contributed by atoms with Gasteiger partial charge in [-0.15, -0.1) is 0 Å². The summed E-state index contributed by atoms with van der Waals surface area (Å²) in [4.78, 5) is 13.4. The number of nitrogens with two attached hydrogens (primary N) is 2. The monoisotopic (exact) mass is 492 g/mol. The lowest BCUT2D eigenvalue weighted by atomic mass is 9.99. The molecule has 6 nitrogen and oxygen atoms in total. The molecule has 35 heavy (non-hydrogen) atoms. The normalized spacial score (nSPS) is 11.9. The lowest BCUT2D eigenvalue weighted by molar-refractivity contribution is 0.167. The first-order valence-electron chi connectivity index (χ1n) is 15.0. The van der Waals surface area contributed by atoms with E-state index in [1.165, 1.54) is 148 Å². The standard InChI is InChI=1S/C26H56N2.C3H4N4/c1-4-7-10-11-12-13-14-15-16-17-18-19-21-26(22-20-23-27)28(24-8-5-2)25-9-6-3;4-3-6-1-5-2-7-3/h26H,4-25,27H2,1-3H3;1-2H,(H2,4,5,6,7). The van der Waals surface area contributed by atoms with E-state index in [-0.39, 0.29) is 5.95 Å². The van der Waals surface area contributed by atoms with Gasteiger partial charge in [-0.05, 0) is 51.7 Å². The average Bonchev–Trinajstić information content (AvgIpc) is 2.88. The number of hydrogen-bond acceptors (Lipinski definition) is 6. The molecule has 0 amide bonds. The molecule has 0 aliphatic heterocycles. The largest absolute Gasteiger partial charge is 0.368 e. The molecule has 0 fully saturated rings. The Morgan fingerprint density at radius 1 is 0.629 bits per heavy atom. The number of hydrogen-bond donors (Lipinski definition) is 2. The lowest BCUT2D eigenvalue weighted by Crippen LogP contribution is -2.37. The fourth-order valence-electron chi connectivity index (χ4n) is 4.53. The molecule has 0 bridgehead atoms. The first kappa shape index (κ1) is 33.7. The topological polar surface area (TPSA) is 94.0 Å². The Hall–Kier alpha value is -1.27. The van der Waals surface area contributed by atoms with Gasteiger partial charge in [-0.25, -0.2) is 15.0 Å². The highest BCUT2D eigenvalue weighted by Gasteiger charge is 2.16. The fraction of sp³-hybridized carbons (Fsp3) is 0.897. The maximum Gasteiger partial charge on any atom is 0.222 e. The van der Waals surface area contributed by atoms with Gasteiger partial charge in [0.2, 0.25) is 5.95 Å². The molecule has 1 aromatic rings. The van der Waals surface area contributed by atoms with Gasteiger partial charge < -0.3 is 16.4 Å². The Labute approximate surface area is 218 Å². The van der Waals surface area contributed by atoms with E-state index in [1.807, 2.05) is 0 Å². The van der Waals surface area contributed by atoms with Crippen molar-refractivity contribution in [1.29, 1.82) is 0 Å². The third-order valence-corrected chi connectivity index (χ3v) is 6.76. The van der Waals surface area contributed by atoms with Crippen molar-refractivity contribution in [3.05, 3.63) is 12.7 Å². The summed E-state index contributed by atoms with van der Waals surface area (Å²) in [5.74, 6) is 0.259. The van der Waals surface area contributed by atoms with Crippen LogP contribution in [0.3, 0.4) is 0 Å². The smallest absolute Gasteiger partial charge is 0.222 e. The third-order valence-electron chi connectivity index (χ3n) is 6.76. The van der Waals surface area contributed by atoms with Crippen LogP contribution < -0.4 is 11.5 Å². The van der Waals surface area contributed by atoms with Crippen molar-refractivity contribution in [3.63, 3.8) is 0 Å². The van der Waals surface area contributed by atoms with Gasteiger partial charge in [0.05, 0.1) is 0 Å². The Balaban J connectivity index is 0.00000140. The Bertz CT molecular complexity index is 505. The molecule has 0 spiro atoms. The zero-order chi connectivity index (χ0) is 25.8. The highest BCUT2D eigenvalue weighted by atomic mass is 15.1. The molecule has 1 unspecified atom stereocenters. The minimum atomic E-state index is 0.259. The molecule has 0 aromatic carbocycles. The second kappa shape index (κ2) is 27.3. The van der Waals surface area contributed by atoms with Crippen molar-refractivity contribution in [3.8, 4) is 0 Å². The van der Waals surface area contributed by atoms with Crippen LogP contribution in [0.1, 0.15) is 143 Å². The van der Waals surface area contributed by atoms with E-state index >= 15 is 0 Å². The van der Waals surface area contributed by atoms with Gasteiger partial charge in [-0.1, -0.05) is 111 Å². The SMILES string of the molecule is CCCCCCCCCCCCCCC(CCCN)N(CCCC)CCCC.Nc1ncncn1. The van der Waals surface area contributed by atoms with Crippen molar-refractivity contribution in [1.82, 2.24) is 19.9 Å². The zero-order valence-corrected chi connectivity index (χ0v) is 23.7. The maximum absolute atomic E-state index is 5.83. The number of unbranched alkanes of at least 4 members (excludes halogenated alkanes) is 13. The van der Waals surface area contributed by atoms with E-state index in [2.05, 4.69) is 40.6 Å². The van der Waals surface area contributed by atoms with Crippen LogP contribution in [-0.2, 0) is 0 Å². The maximum atomic E-state index is 5.83. The summed E-state index contributed by atoms with van der Waals surface area (Å²) < 4.78 is 0. The number of anilines is 1. The second-order valence-corrected chi connectivity index (χ2v) is 10.0. The van der Waals surface area contributed by atoms with Crippen molar-refractivity contribution >= 4 is 5.95 Å². The molecule has 0 saturated carbocycles. The van der Waals surface area contributed by atoms with E-state index in [0.717, 1.165) is 12.6 Å². The average molecular weight is 493 g/mol. The molecule has 0 saturated heterocycles. The van der Waals surface area contributed by atoms with Gasteiger partial charge in [0, 0.05) is 6.04 Å². The summed E-state index contributed by atoms with van der Waals surface area (Å²) in [6.45, 7) is 10.4. The van der Waals surface area contributed by atoms with Crippen molar-refractivity contribution in [2.45, 2.75) is 149 Å². The highest BCUT2D eigenvalue weighted by Crippen LogP contribution is 2.18. The number of nitrogen functional groups attached to an aromatic ring is 1. The van der Waals surface area contributed by atoms with Crippen LogP contribution in [0.2, 0.25) is 0 Å². The van der Waals surface area contributed by atoms with E-state index in [4.69, 9.17) is 11.5 Å². The van der Waals surface area contributed by atoms with Gasteiger partial charge in [0.25, 0.3) is 0 Å². The minimum absolute atomic E-state index is 0.259. The van der Waals surface area contributed by atoms with E-state index in [1.54, 1.807) is 0 Å². The second-order valence-electron chi connectivity index (χ2n) is 10.0. The number of aromatic nitrogens is 3. The van der Waals surface area contributed by atoms with Gasteiger partial charge in [0.1, 0.15) is 12.7 Å². The molecule has 206 valence electrons. The predicted octanol–water partition coefficient (Wildman–Crippen LogP) is 7.54. The summed E-state index contributed by atoms with van der Waals surface area (Å²) in [6, 6.07) is 0.782. The lowest BCUT2D eigenvalue weighted by Gasteiger charge is -2.32. The molecule has 1 heterocycles. The van der Waals surface area contributed by atoms with E-state index in [9.17, 15) is 0 Å². The van der Waals surface area contributed by atoms with Crippen molar-refractivity contribution in [2.75, 3.05) is 25.4 Å². The van der Waals surface area contributed by atoms with Crippen LogP contribution in [0.4, 0.5) is 5.95 Å². The Morgan fingerprint density at radius 2 is 1.06 bits per heavy atom. The molecular formula is C29H60N6. The first-order chi connectivity index (χ1) is 17.2. The van der Waals surface area contributed by atoms with Gasteiger partial charge in [-0.2, -0.15) is 0 Å². The van der Waals surface area contributed by atoms with Crippen LogP contribution in [0, 0.1) is 0 Å². The molecule has 0 radical (unpaired) electrons. The Morgan fingerprint density at radius 3 is 1.46 bits per heavy atom. The summed E-state index contributed by atoms with van der Waals surface area (Å²) in [6.07, 6.45) is 29.2. The van der Waals surface area contributed by atoms with Crippen molar-refractivity contribution in [2.24, 2.45) is 5.73 Å². The summed E-state index contributed by atoms with van der Waals surface area (Å²) in [5.41, 5.74) is 10.9. The van der Waals surface area contributed by atoms with Crippen LogP contribution in [0.5, 0.6) is 0 Å². The van der Waals surface area contributed by atoms with Crippen LogP contribution in [0.15, 0.2) is 12.7 Å². The molecule has 1 rings (SSSR count). The van der Waals surface area contributed by atoms with Gasteiger partial charge >= 0.3 is 0 Å². The molecule has 1 atom stereocenters. The molecule has 0 aliphatic rings. The predicted molar refractivity (Wildman–Crippen MR) is 153 cm³/mol. The van der Waals surface area contributed by atoms with Crippen LogP contribution in [0.25, 0.3) is 0 Å². The molecule has 6 heteroatoms. The summed E-state index contributed by atoms with van der Waals surface area (Å²) in [7, 11) is 0. The van der Waals surface area contributed by atoms with Gasteiger partial charge in [0.15, 0.2) is 0 Å². The Kier molecular flexibility index (Phi) is 26.3. The van der Waals surface area contributed by atoms with Crippen LogP contribution >= 0.6 is 0 Å². The zero-order valence-electron chi connectivity index (χ0n) is 23.7. The van der Waals surface area contributed by atoms with E-state index < -0.39 is 0 Å². The first-order valence-corrected chi connectivity index (χ1v) is 15.0. The van der Waals surface area contributed by atoms with Crippen molar-refractivity contribution < 1.29 is 0 Å². The van der Waals surface area contributed by atoms with E-state index in [0.29, 0.717) is 0 Å². The molecule has 1 aromatic heterocycles. The minimum Gasteiger partial charge on any atom is -0.368 e.